The van der Waals surface area contributed by atoms with E-state index >= 15 is 0 Å². The zero-order chi connectivity index (χ0) is 15.9. The second-order valence-corrected chi connectivity index (χ2v) is 8.24. The topological polar surface area (TPSA) is 41.6 Å². The fraction of sp³-hybridized carbons (Fsp3) is 0.947. The second-order valence-electron chi connectivity index (χ2n) is 8.24. The van der Waals surface area contributed by atoms with Crippen LogP contribution in [0.2, 0.25) is 0 Å². The molecule has 4 nitrogen and oxygen atoms in total. The van der Waals surface area contributed by atoms with E-state index in [9.17, 15) is 4.79 Å². The van der Waals surface area contributed by atoms with E-state index in [1.165, 1.54) is 38.5 Å². The molecule has 1 amide bonds. The van der Waals surface area contributed by atoms with Gasteiger partial charge in [0.2, 0.25) is 5.91 Å². The number of rotatable bonds is 5. The lowest BCUT2D eigenvalue weighted by Crippen LogP contribution is -2.68. The molecule has 4 rings (SSSR count). The molecule has 0 bridgehead atoms. The first-order valence-corrected chi connectivity index (χ1v) is 9.89. The first-order valence-electron chi connectivity index (χ1n) is 9.89. The number of nitrogens with one attached hydrogen (secondary N) is 1. The zero-order valence-corrected chi connectivity index (χ0v) is 14.6. The van der Waals surface area contributed by atoms with Gasteiger partial charge in [0, 0.05) is 43.1 Å². The summed E-state index contributed by atoms with van der Waals surface area (Å²) in [6.45, 7) is 4.84. The largest absolute Gasteiger partial charge is 0.378 e. The van der Waals surface area contributed by atoms with Crippen LogP contribution in [0, 0.1) is 11.3 Å². The van der Waals surface area contributed by atoms with Crippen molar-refractivity contribution >= 4 is 5.91 Å². The van der Waals surface area contributed by atoms with E-state index in [0.717, 1.165) is 39.0 Å². The Balaban J connectivity index is 1.28. The van der Waals surface area contributed by atoms with Gasteiger partial charge in [-0.1, -0.05) is 19.3 Å². The number of carbonyl (C=O) groups is 1. The van der Waals surface area contributed by atoms with Crippen LogP contribution in [0.5, 0.6) is 0 Å². The van der Waals surface area contributed by atoms with Crippen LogP contribution in [0.15, 0.2) is 0 Å². The highest BCUT2D eigenvalue weighted by atomic mass is 16.5. The van der Waals surface area contributed by atoms with Crippen LogP contribution in [-0.2, 0) is 9.53 Å². The van der Waals surface area contributed by atoms with Gasteiger partial charge in [-0.2, -0.15) is 0 Å². The van der Waals surface area contributed by atoms with E-state index in [4.69, 9.17) is 4.74 Å². The third kappa shape index (κ3) is 2.72. The number of ether oxygens (including phenoxy) is 1. The highest BCUT2D eigenvalue weighted by molar-refractivity contribution is 5.79. The predicted molar refractivity (Wildman–Crippen MR) is 90.2 cm³/mol. The zero-order valence-electron chi connectivity index (χ0n) is 14.6. The van der Waals surface area contributed by atoms with Crippen molar-refractivity contribution in [1.82, 2.24) is 10.2 Å². The number of hydrogen-bond donors (Lipinski definition) is 1. The summed E-state index contributed by atoms with van der Waals surface area (Å²) in [4.78, 5) is 14.7. The average Bonchev–Trinajstić information content (AvgIpc) is 3.15. The normalized spacial score (nSPS) is 36.2. The van der Waals surface area contributed by atoms with Crippen molar-refractivity contribution in [2.75, 3.05) is 19.7 Å². The molecule has 0 radical (unpaired) electrons. The Kier molecular flexibility index (Phi) is 4.39. The van der Waals surface area contributed by atoms with Gasteiger partial charge >= 0.3 is 0 Å². The summed E-state index contributed by atoms with van der Waals surface area (Å²) in [6.07, 6.45) is 11.5. The lowest BCUT2D eigenvalue weighted by atomic mass is 9.51. The first-order chi connectivity index (χ1) is 11.2. The smallest absolute Gasteiger partial charge is 0.225 e. The summed E-state index contributed by atoms with van der Waals surface area (Å²) in [5, 5.41) is 3.90. The van der Waals surface area contributed by atoms with Crippen molar-refractivity contribution in [1.29, 1.82) is 0 Å². The molecule has 1 spiro atoms. The molecule has 4 fully saturated rings. The van der Waals surface area contributed by atoms with Crippen LogP contribution in [0.4, 0.5) is 0 Å². The molecule has 4 heteroatoms. The highest BCUT2D eigenvalue weighted by Gasteiger charge is 2.59. The van der Waals surface area contributed by atoms with Crippen molar-refractivity contribution < 1.29 is 9.53 Å². The van der Waals surface area contributed by atoms with E-state index in [-0.39, 0.29) is 0 Å². The Morgan fingerprint density at radius 3 is 2.65 bits per heavy atom. The highest BCUT2D eigenvalue weighted by Crippen LogP contribution is 2.57. The van der Waals surface area contributed by atoms with Crippen LogP contribution < -0.4 is 5.32 Å². The van der Waals surface area contributed by atoms with Crippen molar-refractivity contribution in [3.8, 4) is 0 Å². The lowest BCUT2D eigenvalue weighted by Gasteiger charge is -2.61. The minimum atomic E-state index is 0.331. The summed E-state index contributed by atoms with van der Waals surface area (Å²) in [7, 11) is 0. The maximum atomic E-state index is 12.6. The summed E-state index contributed by atoms with van der Waals surface area (Å²) in [5.74, 6) is 0.767. The third-order valence-electron chi connectivity index (χ3n) is 7.08. The molecule has 0 unspecified atom stereocenters. The van der Waals surface area contributed by atoms with E-state index in [1.54, 1.807) is 0 Å². The quantitative estimate of drug-likeness (QED) is 0.847. The molecule has 0 aromatic carbocycles. The van der Waals surface area contributed by atoms with Crippen molar-refractivity contribution in [2.45, 2.75) is 82.9 Å². The molecule has 1 saturated heterocycles. The molecule has 0 aromatic heterocycles. The SMILES string of the molecule is CCO[C@@H]1C[C@H](N[C@H]2CCN(C(=O)C3CCCC3)C2)C12CCC2. The number of hydrogen-bond acceptors (Lipinski definition) is 3. The van der Waals surface area contributed by atoms with E-state index in [0.29, 0.717) is 35.4 Å². The van der Waals surface area contributed by atoms with Gasteiger partial charge in [0.05, 0.1) is 6.10 Å². The Morgan fingerprint density at radius 2 is 2.00 bits per heavy atom. The van der Waals surface area contributed by atoms with Crippen LogP contribution in [-0.4, -0.2) is 48.7 Å². The van der Waals surface area contributed by atoms with Gasteiger partial charge in [0.1, 0.15) is 0 Å². The molecule has 23 heavy (non-hydrogen) atoms. The van der Waals surface area contributed by atoms with Crippen LogP contribution in [0.25, 0.3) is 0 Å². The predicted octanol–water partition coefficient (Wildman–Crippen LogP) is 2.71. The van der Waals surface area contributed by atoms with Gasteiger partial charge in [0.25, 0.3) is 0 Å². The van der Waals surface area contributed by atoms with Crippen LogP contribution in [0.3, 0.4) is 0 Å². The molecule has 1 heterocycles. The molecule has 4 aliphatic rings. The summed E-state index contributed by atoms with van der Waals surface area (Å²) >= 11 is 0. The van der Waals surface area contributed by atoms with E-state index in [1.807, 2.05) is 0 Å². The third-order valence-corrected chi connectivity index (χ3v) is 7.08. The fourth-order valence-electron chi connectivity index (χ4n) is 5.48. The molecule has 1 N–H and O–H groups in total. The minimum absolute atomic E-state index is 0.331. The molecular formula is C19H32N2O2. The second kappa shape index (κ2) is 6.36. The Labute approximate surface area is 140 Å². The monoisotopic (exact) mass is 320 g/mol. The number of likely N-dealkylation sites (tertiary alicyclic amines) is 1. The Bertz CT molecular complexity index is 443. The van der Waals surface area contributed by atoms with Gasteiger partial charge in [0.15, 0.2) is 0 Å². The molecule has 3 atom stereocenters. The number of carbonyl (C=O) groups excluding carboxylic acids is 1. The fourth-order valence-corrected chi connectivity index (χ4v) is 5.48. The number of nitrogens with zero attached hydrogens (tertiary/aromatic N) is 1. The molecular weight excluding hydrogens is 288 g/mol. The number of amides is 1. The van der Waals surface area contributed by atoms with Gasteiger partial charge in [-0.25, -0.2) is 0 Å². The van der Waals surface area contributed by atoms with E-state index in [2.05, 4.69) is 17.1 Å². The molecule has 1 aliphatic heterocycles. The maximum absolute atomic E-state index is 12.6. The molecule has 3 aliphatic carbocycles. The first kappa shape index (κ1) is 15.9. The summed E-state index contributed by atoms with van der Waals surface area (Å²) in [6, 6.07) is 1.13. The van der Waals surface area contributed by atoms with Crippen molar-refractivity contribution in [3.05, 3.63) is 0 Å². The molecule has 130 valence electrons. The van der Waals surface area contributed by atoms with Crippen molar-refractivity contribution in [2.24, 2.45) is 11.3 Å². The maximum Gasteiger partial charge on any atom is 0.225 e. The van der Waals surface area contributed by atoms with E-state index < -0.39 is 0 Å². The Hall–Kier alpha value is -0.610. The van der Waals surface area contributed by atoms with Gasteiger partial charge in [-0.05, 0) is 45.4 Å². The molecule has 3 saturated carbocycles. The van der Waals surface area contributed by atoms with Crippen LogP contribution >= 0.6 is 0 Å². The van der Waals surface area contributed by atoms with Gasteiger partial charge in [-0.3, -0.25) is 4.79 Å². The summed E-state index contributed by atoms with van der Waals surface area (Å²) in [5.41, 5.74) is 0.429. The summed E-state index contributed by atoms with van der Waals surface area (Å²) < 4.78 is 5.95. The van der Waals surface area contributed by atoms with Crippen LogP contribution in [0.1, 0.15) is 64.7 Å². The minimum Gasteiger partial charge on any atom is -0.378 e. The van der Waals surface area contributed by atoms with Crippen molar-refractivity contribution in [3.63, 3.8) is 0 Å². The van der Waals surface area contributed by atoms with Gasteiger partial charge in [-0.15, -0.1) is 0 Å². The standard InChI is InChI=1S/C19H32N2O2/c1-2-23-17-12-16(19(17)9-5-10-19)20-15-8-11-21(13-15)18(22)14-6-3-4-7-14/h14-17,20H,2-13H2,1H3/t15-,16-,17+/m0/s1. The molecule has 0 aromatic rings. The lowest BCUT2D eigenvalue weighted by molar-refractivity contribution is -0.174. The average molecular weight is 320 g/mol. The Morgan fingerprint density at radius 1 is 1.22 bits per heavy atom. The van der Waals surface area contributed by atoms with Gasteiger partial charge < -0.3 is 15.0 Å².